The standard InChI is InChI=1S/C9H18N4O/c1-9(2)7-13(4-3-11-12-10)5-8(9)6-14/h8,14H,3-7H2,1-2H3/t8-/m0/s1. The Morgan fingerprint density at radius 1 is 1.64 bits per heavy atom. The van der Waals surface area contributed by atoms with Crippen molar-refractivity contribution in [2.24, 2.45) is 16.4 Å². The zero-order valence-corrected chi connectivity index (χ0v) is 8.85. The third kappa shape index (κ3) is 2.61. The average molecular weight is 198 g/mol. The van der Waals surface area contributed by atoms with E-state index in [0.717, 1.165) is 19.6 Å². The Bertz CT molecular complexity index is 235. The van der Waals surface area contributed by atoms with E-state index in [1.807, 2.05) is 0 Å². The maximum Gasteiger partial charge on any atom is 0.0477 e. The smallest absolute Gasteiger partial charge is 0.0477 e. The molecule has 1 saturated heterocycles. The fourth-order valence-corrected chi connectivity index (χ4v) is 2.03. The molecule has 1 atom stereocenters. The van der Waals surface area contributed by atoms with Crippen molar-refractivity contribution in [3.05, 3.63) is 10.4 Å². The van der Waals surface area contributed by atoms with E-state index < -0.39 is 0 Å². The van der Waals surface area contributed by atoms with Crippen molar-refractivity contribution in [3.63, 3.8) is 0 Å². The Morgan fingerprint density at radius 3 is 2.86 bits per heavy atom. The summed E-state index contributed by atoms with van der Waals surface area (Å²) in [6.07, 6.45) is 0. The molecule has 5 heteroatoms. The van der Waals surface area contributed by atoms with Crippen LogP contribution in [-0.4, -0.2) is 42.8 Å². The van der Waals surface area contributed by atoms with E-state index in [1.54, 1.807) is 0 Å². The molecular formula is C9H18N4O. The number of likely N-dealkylation sites (tertiary alicyclic amines) is 1. The third-order valence-electron chi connectivity index (χ3n) is 3.01. The summed E-state index contributed by atoms with van der Waals surface area (Å²) in [5.74, 6) is 0.341. The number of aliphatic hydroxyl groups is 1. The highest BCUT2D eigenvalue weighted by Crippen LogP contribution is 2.34. The summed E-state index contributed by atoms with van der Waals surface area (Å²) >= 11 is 0. The molecule has 80 valence electrons. The first-order valence-electron chi connectivity index (χ1n) is 4.94. The van der Waals surface area contributed by atoms with Gasteiger partial charge in [0.25, 0.3) is 0 Å². The molecule has 0 unspecified atom stereocenters. The Hall–Kier alpha value is -0.770. The van der Waals surface area contributed by atoms with Crippen LogP contribution in [0.4, 0.5) is 0 Å². The normalized spacial score (nSPS) is 26.1. The van der Waals surface area contributed by atoms with Crippen molar-refractivity contribution in [2.45, 2.75) is 13.8 Å². The quantitative estimate of drug-likeness (QED) is 0.419. The monoisotopic (exact) mass is 198 g/mol. The zero-order chi connectivity index (χ0) is 10.6. The molecule has 0 spiro atoms. The van der Waals surface area contributed by atoms with Crippen LogP contribution >= 0.6 is 0 Å². The van der Waals surface area contributed by atoms with E-state index in [2.05, 4.69) is 28.8 Å². The molecule has 0 aromatic carbocycles. The van der Waals surface area contributed by atoms with E-state index in [0.29, 0.717) is 12.5 Å². The number of nitrogens with zero attached hydrogens (tertiary/aromatic N) is 4. The highest BCUT2D eigenvalue weighted by Gasteiger charge is 2.38. The van der Waals surface area contributed by atoms with Gasteiger partial charge in [0.1, 0.15) is 0 Å². The average Bonchev–Trinajstić information content (AvgIpc) is 2.41. The lowest BCUT2D eigenvalue weighted by Crippen LogP contribution is -2.26. The van der Waals surface area contributed by atoms with Gasteiger partial charge < -0.3 is 10.0 Å². The van der Waals surface area contributed by atoms with Gasteiger partial charge in [-0.2, -0.15) is 0 Å². The molecule has 5 nitrogen and oxygen atoms in total. The Morgan fingerprint density at radius 2 is 2.36 bits per heavy atom. The summed E-state index contributed by atoms with van der Waals surface area (Å²) in [5.41, 5.74) is 8.31. The zero-order valence-electron chi connectivity index (χ0n) is 8.85. The van der Waals surface area contributed by atoms with Gasteiger partial charge in [0.15, 0.2) is 0 Å². The van der Waals surface area contributed by atoms with Gasteiger partial charge in [0.05, 0.1) is 0 Å². The minimum atomic E-state index is 0.172. The van der Waals surface area contributed by atoms with Crippen molar-refractivity contribution < 1.29 is 5.11 Å². The number of hydrogen-bond acceptors (Lipinski definition) is 3. The predicted molar refractivity (Wildman–Crippen MR) is 54.8 cm³/mol. The predicted octanol–water partition coefficient (Wildman–Crippen LogP) is 1.25. The van der Waals surface area contributed by atoms with Gasteiger partial charge in [0, 0.05) is 43.6 Å². The van der Waals surface area contributed by atoms with Crippen LogP contribution in [0.5, 0.6) is 0 Å². The highest BCUT2D eigenvalue weighted by molar-refractivity contribution is 4.90. The summed E-state index contributed by atoms with van der Waals surface area (Å²) in [7, 11) is 0. The van der Waals surface area contributed by atoms with Crippen molar-refractivity contribution >= 4 is 0 Å². The molecule has 0 radical (unpaired) electrons. The van der Waals surface area contributed by atoms with E-state index in [9.17, 15) is 5.11 Å². The van der Waals surface area contributed by atoms with Gasteiger partial charge in [-0.15, -0.1) is 0 Å². The Labute approximate surface area is 84.3 Å². The maximum atomic E-state index is 9.18. The van der Waals surface area contributed by atoms with Crippen LogP contribution in [0, 0.1) is 11.3 Å². The lowest BCUT2D eigenvalue weighted by molar-refractivity contribution is 0.161. The molecule has 1 fully saturated rings. The second kappa shape index (κ2) is 4.64. The molecule has 0 aromatic heterocycles. The van der Waals surface area contributed by atoms with Crippen molar-refractivity contribution in [1.82, 2.24) is 4.90 Å². The second-order valence-electron chi connectivity index (χ2n) is 4.56. The number of aliphatic hydroxyl groups excluding tert-OH is 1. The molecule has 1 N–H and O–H groups in total. The van der Waals surface area contributed by atoms with E-state index in [4.69, 9.17) is 5.53 Å². The molecule has 1 aliphatic rings. The SMILES string of the molecule is CC1(C)CN(CCN=[N+]=[N-])C[C@H]1CO. The van der Waals surface area contributed by atoms with Crippen LogP contribution in [0.2, 0.25) is 0 Å². The topological polar surface area (TPSA) is 72.2 Å². The second-order valence-corrected chi connectivity index (χ2v) is 4.56. The summed E-state index contributed by atoms with van der Waals surface area (Å²) in [6.45, 7) is 7.77. The largest absolute Gasteiger partial charge is 0.396 e. The first kappa shape index (κ1) is 11.3. The lowest BCUT2D eigenvalue weighted by Gasteiger charge is -2.23. The van der Waals surface area contributed by atoms with Crippen molar-refractivity contribution in [2.75, 3.05) is 32.8 Å². The summed E-state index contributed by atoms with van der Waals surface area (Å²) in [4.78, 5) is 4.97. The van der Waals surface area contributed by atoms with Crippen LogP contribution in [0.3, 0.4) is 0 Å². The van der Waals surface area contributed by atoms with Gasteiger partial charge in [0.2, 0.25) is 0 Å². The molecule has 0 amide bonds. The van der Waals surface area contributed by atoms with Crippen LogP contribution in [0.25, 0.3) is 10.4 Å². The molecule has 14 heavy (non-hydrogen) atoms. The van der Waals surface area contributed by atoms with E-state index in [-0.39, 0.29) is 12.0 Å². The first-order chi connectivity index (χ1) is 6.60. The fourth-order valence-electron chi connectivity index (χ4n) is 2.03. The number of rotatable bonds is 4. The number of azide groups is 1. The Kier molecular flexibility index (Phi) is 3.75. The van der Waals surface area contributed by atoms with E-state index in [1.165, 1.54) is 0 Å². The van der Waals surface area contributed by atoms with Gasteiger partial charge in [-0.25, -0.2) is 0 Å². The van der Waals surface area contributed by atoms with Gasteiger partial charge >= 0.3 is 0 Å². The van der Waals surface area contributed by atoms with Crippen molar-refractivity contribution in [1.29, 1.82) is 0 Å². The molecule has 1 rings (SSSR count). The molecule has 0 aliphatic carbocycles. The van der Waals surface area contributed by atoms with Crippen LogP contribution < -0.4 is 0 Å². The molecule has 0 bridgehead atoms. The van der Waals surface area contributed by atoms with Gasteiger partial charge in [-0.05, 0) is 10.9 Å². The lowest BCUT2D eigenvalue weighted by atomic mass is 9.83. The van der Waals surface area contributed by atoms with Crippen molar-refractivity contribution in [3.8, 4) is 0 Å². The summed E-state index contributed by atoms with van der Waals surface area (Å²) < 4.78 is 0. The molecule has 1 aliphatic heterocycles. The summed E-state index contributed by atoms with van der Waals surface area (Å²) in [6, 6.07) is 0. The van der Waals surface area contributed by atoms with Crippen LogP contribution in [0.15, 0.2) is 5.11 Å². The molecule has 1 heterocycles. The number of hydrogen-bond donors (Lipinski definition) is 1. The van der Waals surface area contributed by atoms with Gasteiger partial charge in [-0.1, -0.05) is 19.0 Å². The third-order valence-corrected chi connectivity index (χ3v) is 3.01. The van der Waals surface area contributed by atoms with Gasteiger partial charge in [-0.3, -0.25) is 0 Å². The molecular weight excluding hydrogens is 180 g/mol. The minimum absolute atomic E-state index is 0.172. The molecule has 0 saturated carbocycles. The maximum absolute atomic E-state index is 9.18. The first-order valence-corrected chi connectivity index (χ1v) is 4.94. The fraction of sp³-hybridized carbons (Fsp3) is 1.00. The summed E-state index contributed by atoms with van der Waals surface area (Å²) in [5, 5.41) is 12.7. The Balaban J connectivity index is 2.41. The van der Waals surface area contributed by atoms with Crippen LogP contribution in [-0.2, 0) is 0 Å². The highest BCUT2D eigenvalue weighted by atomic mass is 16.3. The van der Waals surface area contributed by atoms with Crippen LogP contribution in [0.1, 0.15) is 13.8 Å². The minimum Gasteiger partial charge on any atom is -0.396 e. The molecule has 0 aromatic rings. The van der Waals surface area contributed by atoms with E-state index >= 15 is 0 Å².